The molecule has 2 aromatic rings. The first-order valence-electron chi connectivity index (χ1n) is 8.51. The Balaban J connectivity index is 2.19. The van der Waals surface area contributed by atoms with Crippen LogP contribution in [0.2, 0.25) is 0 Å². The first-order valence-corrected chi connectivity index (χ1v) is 10.4. The van der Waals surface area contributed by atoms with Gasteiger partial charge in [-0.1, -0.05) is 6.07 Å². The summed E-state index contributed by atoms with van der Waals surface area (Å²) in [5.74, 6) is 0.0420. The van der Waals surface area contributed by atoms with Crippen LogP contribution in [0.1, 0.15) is 12.5 Å². The largest absolute Gasteiger partial charge is 0.504 e. The fourth-order valence-electron chi connectivity index (χ4n) is 2.60. The number of carbonyl (C=O) groups excluding carboxylic acids is 1. The third-order valence-electron chi connectivity index (χ3n) is 4.04. The number of amides is 1. The fourth-order valence-corrected chi connectivity index (χ4v) is 3.78. The van der Waals surface area contributed by atoms with E-state index in [1.54, 1.807) is 42.5 Å². The van der Waals surface area contributed by atoms with E-state index in [1.807, 2.05) is 0 Å². The third-order valence-corrected chi connectivity index (χ3v) is 5.29. The summed E-state index contributed by atoms with van der Waals surface area (Å²) in [6.07, 6.45) is 2.25. The van der Waals surface area contributed by atoms with Crippen LogP contribution in [-0.4, -0.2) is 52.2 Å². The van der Waals surface area contributed by atoms with E-state index in [1.165, 1.54) is 27.4 Å². The predicted octanol–water partition coefficient (Wildman–Crippen LogP) is 1.71. The van der Waals surface area contributed by atoms with Crippen molar-refractivity contribution in [2.45, 2.75) is 13.0 Å². The number of phenols is 1. The highest BCUT2D eigenvalue weighted by Gasteiger charge is 2.29. The standard InChI is InChI=1S/C19H23N3O6S/c1-13(22(29(4,25)26)15-8-10-16(27-2)11-9-15)19(24)21-20-12-14-6-5-7-17(28-3)18(14)23/h5-13,23H,1-4H3,(H,21,24). The number of anilines is 1. The second-order valence-corrected chi connectivity index (χ2v) is 7.92. The minimum absolute atomic E-state index is 0.128. The molecule has 1 atom stereocenters. The van der Waals surface area contributed by atoms with Gasteiger partial charge in [-0.25, -0.2) is 13.8 Å². The number of sulfonamides is 1. The van der Waals surface area contributed by atoms with Crippen molar-refractivity contribution in [1.29, 1.82) is 0 Å². The van der Waals surface area contributed by atoms with Crippen LogP contribution < -0.4 is 19.2 Å². The molecule has 0 saturated heterocycles. The maximum absolute atomic E-state index is 12.5. The number of carbonyl (C=O) groups is 1. The van der Waals surface area contributed by atoms with Gasteiger partial charge in [0.2, 0.25) is 10.0 Å². The number of methoxy groups -OCH3 is 2. The Kier molecular flexibility index (Phi) is 7.05. The Morgan fingerprint density at radius 3 is 2.38 bits per heavy atom. The quantitative estimate of drug-likeness (QED) is 0.495. The number of aromatic hydroxyl groups is 1. The van der Waals surface area contributed by atoms with E-state index in [-0.39, 0.29) is 11.5 Å². The van der Waals surface area contributed by atoms with Gasteiger partial charge < -0.3 is 14.6 Å². The maximum Gasteiger partial charge on any atom is 0.263 e. The van der Waals surface area contributed by atoms with E-state index in [0.717, 1.165) is 10.6 Å². The Labute approximate surface area is 169 Å². The lowest BCUT2D eigenvalue weighted by molar-refractivity contribution is -0.121. The minimum Gasteiger partial charge on any atom is -0.504 e. The number of benzene rings is 2. The van der Waals surface area contributed by atoms with Gasteiger partial charge in [-0.3, -0.25) is 9.10 Å². The lowest BCUT2D eigenvalue weighted by atomic mass is 10.2. The summed E-state index contributed by atoms with van der Waals surface area (Å²) >= 11 is 0. The molecular weight excluding hydrogens is 398 g/mol. The van der Waals surface area contributed by atoms with Crippen molar-refractivity contribution in [3.63, 3.8) is 0 Å². The number of rotatable bonds is 8. The maximum atomic E-state index is 12.5. The summed E-state index contributed by atoms with van der Waals surface area (Å²) in [7, 11) is -0.839. The molecule has 9 nitrogen and oxygen atoms in total. The van der Waals surface area contributed by atoms with Crippen molar-refractivity contribution in [3.8, 4) is 17.2 Å². The van der Waals surface area contributed by atoms with Crippen molar-refractivity contribution < 1.29 is 27.8 Å². The van der Waals surface area contributed by atoms with E-state index in [9.17, 15) is 18.3 Å². The third kappa shape index (κ3) is 5.38. The van der Waals surface area contributed by atoms with Crippen LogP contribution in [0.25, 0.3) is 0 Å². The van der Waals surface area contributed by atoms with Gasteiger partial charge in [-0.05, 0) is 43.3 Å². The Morgan fingerprint density at radius 2 is 1.83 bits per heavy atom. The van der Waals surface area contributed by atoms with Crippen molar-refractivity contribution in [3.05, 3.63) is 48.0 Å². The second kappa shape index (κ2) is 9.28. The minimum atomic E-state index is -3.75. The summed E-state index contributed by atoms with van der Waals surface area (Å²) in [4.78, 5) is 12.5. The molecule has 0 saturated carbocycles. The number of para-hydroxylation sites is 1. The molecule has 10 heteroatoms. The van der Waals surface area contributed by atoms with E-state index in [0.29, 0.717) is 17.0 Å². The molecule has 0 spiro atoms. The molecule has 2 rings (SSSR count). The van der Waals surface area contributed by atoms with Crippen LogP contribution in [0.5, 0.6) is 17.2 Å². The molecule has 156 valence electrons. The molecule has 0 radical (unpaired) electrons. The molecule has 1 amide bonds. The average molecular weight is 421 g/mol. The van der Waals surface area contributed by atoms with Gasteiger partial charge in [0, 0.05) is 5.56 Å². The lowest BCUT2D eigenvalue weighted by Crippen LogP contribution is -2.46. The first kappa shape index (κ1) is 22.0. The van der Waals surface area contributed by atoms with Crippen molar-refractivity contribution in [2.24, 2.45) is 5.10 Å². The van der Waals surface area contributed by atoms with Gasteiger partial charge in [0.15, 0.2) is 11.5 Å². The molecule has 0 fully saturated rings. The zero-order valence-corrected chi connectivity index (χ0v) is 17.3. The van der Waals surface area contributed by atoms with Crippen LogP contribution in [-0.2, 0) is 14.8 Å². The molecule has 29 heavy (non-hydrogen) atoms. The smallest absolute Gasteiger partial charge is 0.263 e. The van der Waals surface area contributed by atoms with E-state index < -0.39 is 22.0 Å². The highest BCUT2D eigenvalue weighted by Crippen LogP contribution is 2.28. The number of phenolic OH excluding ortho intramolecular Hbond substituents is 1. The van der Waals surface area contributed by atoms with Crippen LogP contribution in [0, 0.1) is 0 Å². The van der Waals surface area contributed by atoms with Gasteiger partial charge in [0.05, 0.1) is 32.4 Å². The molecule has 0 bridgehead atoms. The monoisotopic (exact) mass is 421 g/mol. The van der Waals surface area contributed by atoms with Crippen LogP contribution in [0.15, 0.2) is 47.6 Å². The lowest BCUT2D eigenvalue weighted by Gasteiger charge is -2.27. The number of nitrogens with zero attached hydrogens (tertiary/aromatic N) is 2. The predicted molar refractivity (Wildman–Crippen MR) is 110 cm³/mol. The van der Waals surface area contributed by atoms with Gasteiger partial charge in [0.1, 0.15) is 11.8 Å². The van der Waals surface area contributed by atoms with Crippen molar-refractivity contribution in [1.82, 2.24) is 5.43 Å². The number of hydrogen-bond donors (Lipinski definition) is 2. The fraction of sp³-hybridized carbons (Fsp3) is 0.263. The summed E-state index contributed by atoms with van der Waals surface area (Å²) < 4.78 is 35.6. The number of nitrogens with one attached hydrogen (secondary N) is 1. The van der Waals surface area contributed by atoms with E-state index in [2.05, 4.69) is 10.5 Å². The van der Waals surface area contributed by atoms with Crippen LogP contribution >= 0.6 is 0 Å². The highest BCUT2D eigenvalue weighted by molar-refractivity contribution is 7.92. The molecule has 2 N–H and O–H groups in total. The van der Waals surface area contributed by atoms with Gasteiger partial charge in [-0.15, -0.1) is 0 Å². The zero-order chi connectivity index (χ0) is 21.6. The van der Waals surface area contributed by atoms with Crippen molar-refractivity contribution in [2.75, 3.05) is 24.8 Å². The number of hydrazone groups is 1. The topological polar surface area (TPSA) is 118 Å². The van der Waals surface area contributed by atoms with Gasteiger partial charge in [-0.2, -0.15) is 5.10 Å². The zero-order valence-electron chi connectivity index (χ0n) is 16.5. The number of ether oxygens (including phenoxy) is 2. The second-order valence-electron chi connectivity index (χ2n) is 6.07. The van der Waals surface area contributed by atoms with Gasteiger partial charge >= 0.3 is 0 Å². The molecule has 0 aromatic heterocycles. The Bertz CT molecular complexity index is 990. The Morgan fingerprint density at radius 1 is 1.17 bits per heavy atom. The van der Waals surface area contributed by atoms with Crippen LogP contribution in [0.3, 0.4) is 0 Å². The summed E-state index contributed by atoms with van der Waals surface area (Å²) in [5.41, 5.74) is 2.93. The normalized spacial score (nSPS) is 12.4. The van der Waals surface area contributed by atoms with Gasteiger partial charge in [0.25, 0.3) is 5.91 Å². The summed E-state index contributed by atoms with van der Waals surface area (Å²) in [6.45, 7) is 1.44. The number of hydrogen-bond acceptors (Lipinski definition) is 7. The molecule has 1 unspecified atom stereocenters. The molecular formula is C19H23N3O6S. The van der Waals surface area contributed by atoms with Crippen LogP contribution in [0.4, 0.5) is 5.69 Å². The molecule has 0 aliphatic carbocycles. The highest BCUT2D eigenvalue weighted by atomic mass is 32.2. The summed E-state index contributed by atoms with van der Waals surface area (Å²) in [6, 6.07) is 10.0. The van der Waals surface area contributed by atoms with Crippen molar-refractivity contribution >= 4 is 27.8 Å². The molecule has 0 aliphatic rings. The summed E-state index contributed by atoms with van der Waals surface area (Å²) in [5, 5.41) is 13.8. The average Bonchev–Trinajstić information content (AvgIpc) is 2.68. The SMILES string of the molecule is COc1ccc(N(C(C)C(=O)NN=Cc2cccc(OC)c2O)S(C)(=O)=O)cc1. The van der Waals surface area contributed by atoms with E-state index in [4.69, 9.17) is 9.47 Å². The first-order chi connectivity index (χ1) is 13.7. The molecule has 0 heterocycles. The Hall–Kier alpha value is -3.27. The van der Waals surface area contributed by atoms with E-state index >= 15 is 0 Å². The molecule has 2 aromatic carbocycles. The molecule has 0 aliphatic heterocycles.